The van der Waals surface area contributed by atoms with E-state index in [0.29, 0.717) is 5.75 Å². The van der Waals surface area contributed by atoms with Gasteiger partial charge in [-0.1, -0.05) is 32.0 Å². The first-order chi connectivity index (χ1) is 26.5. The Labute approximate surface area is 327 Å². The van der Waals surface area contributed by atoms with E-state index in [1.807, 2.05) is 30.3 Å². The topological polar surface area (TPSA) is 364 Å². The molecule has 3 heterocycles. The van der Waals surface area contributed by atoms with Crippen LogP contribution in [0.15, 0.2) is 47.9 Å². The van der Waals surface area contributed by atoms with Gasteiger partial charge in [0, 0.05) is 37.6 Å². The van der Waals surface area contributed by atoms with Crippen molar-refractivity contribution in [3.63, 3.8) is 0 Å². The van der Waals surface area contributed by atoms with Crippen molar-refractivity contribution in [2.45, 2.75) is 62.7 Å². The van der Waals surface area contributed by atoms with Crippen molar-refractivity contribution in [3.05, 3.63) is 43.0 Å². The number of aliphatic hydroxyl groups is 2. The van der Waals surface area contributed by atoms with Crippen LogP contribution in [0.25, 0.3) is 11.2 Å². The minimum atomic E-state index is -5.57. The SMILES string of the molecule is CC(=O)[SH](CCNC(=O)CCNC(=O)C(O)C(C)(C)COP(=O)(O)OP(=O)(O)OC[C@H]1O[C@@H](n2cnc3c(N)ncnc32)[C@H](O)[C@@H]1OP(=O)(O)O)c1ccccc1. The molecule has 24 nitrogen and oxygen atoms in total. The maximum Gasteiger partial charge on any atom is 0.481 e. The average molecular weight is 888 g/mol. The summed E-state index contributed by atoms with van der Waals surface area (Å²) in [5, 5.41) is 26.5. The zero-order valence-corrected chi connectivity index (χ0v) is 34.1. The first-order valence-electron chi connectivity index (χ1n) is 16.7. The Hall–Kier alpha value is -3.22. The van der Waals surface area contributed by atoms with Crippen molar-refractivity contribution in [1.29, 1.82) is 0 Å². The number of nitrogens with one attached hydrogen (secondary N) is 2. The fraction of sp³-hybridized carbons (Fsp3) is 0.517. The predicted molar refractivity (Wildman–Crippen MR) is 199 cm³/mol. The number of nitrogen functional groups attached to an aromatic ring is 1. The number of amides is 2. The van der Waals surface area contributed by atoms with Crippen molar-refractivity contribution in [2.75, 3.05) is 37.8 Å². The zero-order valence-electron chi connectivity index (χ0n) is 30.5. The molecule has 0 spiro atoms. The number of anilines is 1. The second-order valence-corrected chi connectivity index (χ2v) is 19.8. The summed E-state index contributed by atoms with van der Waals surface area (Å²) in [6.45, 7) is 1.99. The fourth-order valence-electron chi connectivity index (χ4n) is 5.32. The molecule has 10 N–H and O–H groups in total. The van der Waals surface area contributed by atoms with Gasteiger partial charge in [-0.25, -0.2) is 28.6 Å². The number of aromatic nitrogens is 4. The highest BCUT2D eigenvalue weighted by atomic mass is 32.2. The molecule has 2 aromatic heterocycles. The number of aliphatic hydroxyl groups excluding tert-OH is 2. The lowest BCUT2D eigenvalue weighted by atomic mass is 9.87. The normalized spacial score (nSPS) is 22.3. The standard InChI is InChI=1S/C29H44N7O17P3S/c1-17(37)57(18-7-5-4-6-8-18)12-11-31-20(38)9-10-32-27(41)24(40)29(2,3)14-50-56(47,48)53-55(45,46)49-13-19-23(52-54(42,43)44)22(39)28(51-19)36-16-35-21-25(30)33-15-34-26(21)36/h4-8,15-16,19,22-24,28,39-40,57H,9-14H2,1-3H3,(H,31,38)(H,32,41)(H,45,46)(H,47,48)(H2,30,33,34)(H2,42,43,44)/t19-,22-,23-,24?,28-/m1/s1. The van der Waals surface area contributed by atoms with E-state index >= 15 is 0 Å². The molecule has 0 aliphatic carbocycles. The minimum Gasteiger partial charge on any atom is -0.386 e. The Morgan fingerprint density at radius 3 is 2.33 bits per heavy atom. The molecule has 1 fully saturated rings. The Bertz CT molecular complexity index is 2040. The third kappa shape index (κ3) is 13.1. The average Bonchev–Trinajstić information content (AvgIpc) is 3.68. The van der Waals surface area contributed by atoms with Crippen LogP contribution >= 0.6 is 34.4 Å². The van der Waals surface area contributed by atoms with Gasteiger partial charge in [0.2, 0.25) is 11.8 Å². The van der Waals surface area contributed by atoms with E-state index in [1.165, 1.54) is 20.8 Å². The van der Waals surface area contributed by atoms with Crippen molar-refractivity contribution in [2.24, 2.45) is 5.41 Å². The van der Waals surface area contributed by atoms with Crippen molar-refractivity contribution in [3.8, 4) is 0 Å². The molecule has 4 rings (SSSR count). The number of hydrogen-bond acceptors (Lipinski definition) is 17. The molecule has 1 aliphatic heterocycles. The molecule has 318 valence electrons. The summed E-state index contributed by atoms with van der Waals surface area (Å²) in [6.07, 6.45) is -6.93. The summed E-state index contributed by atoms with van der Waals surface area (Å²) in [5.74, 6) is -1.03. The van der Waals surface area contributed by atoms with Gasteiger partial charge in [-0.15, -0.1) is 0 Å². The van der Waals surface area contributed by atoms with Gasteiger partial charge in [0.15, 0.2) is 22.8 Å². The second kappa shape index (κ2) is 19.2. The van der Waals surface area contributed by atoms with Crippen LogP contribution in [-0.2, 0) is 50.7 Å². The number of imidazole rings is 1. The molecule has 2 amide bonds. The number of thiol groups is 1. The summed E-state index contributed by atoms with van der Waals surface area (Å²) in [5.41, 5.74) is 4.26. The molecular weight excluding hydrogens is 843 g/mol. The quantitative estimate of drug-likeness (QED) is 0.0528. The number of carbonyl (C=O) groups excluding carboxylic acids is 3. The number of ether oxygens (including phenoxy) is 1. The summed E-state index contributed by atoms with van der Waals surface area (Å²) in [6, 6.07) is 9.16. The lowest BCUT2D eigenvalue weighted by Crippen LogP contribution is -2.46. The highest BCUT2D eigenvalue weighted by Crippen LogP contribution is 2.61. The lowest BCUT2D eigenvalue weighted by Gasteiger charge is -2.30. The largest absolute Gasteiger partial charge is 0.481 e. The number of carbonyl (C=O) groups is 3. The first kappa shape index (κ1) is 46.5. The van der Waals surface area contributed by atoms with Crippen LogP contribution in [0.4, 0.5) is 5.82 Å². The summed E-state index contributed by atoms with van der Waals surface area (Å²) in [7, 11) is -17.5. The zero-order chi connectivity index (χ0) is 42.3. The number of nitrogens with two attached hydrogens (primary N) is 1. The number of hydrogen-bond donors (Lipinski definition) is 10. The highest BCUT2D eigenvalue weighted by molar-refractivity contribution is 8.29. The first-order valence-corrected chi connectivity index (χ1v) is 22.8. The summed E-state index contributed by atoms with van der Waals surface area (Å²) < 4.78 is 62.2. The number of rotatable bonds is 20. The number of fused-ring (bicyclic) bond motifs is 1. The van der Waals surface area contributed by atoms with Crippen LogP contribution in [0.3, 0.4) is 0 Å². The molecule has 28 heteroatoms. The predicted octanol–water partition coefficient (Wildman–Crippen LogP) is 0.0117. The van der Waals surface area contributed by atoms with Gasteiger partial charge in [-0.3, -0.25) is 32.5 Å². The fourth-order valence-corrected chi connectivity index (χ4v) is 9.96. The Morgan fingerprint density at radius 1 is 1.02 bits per heavy atom. The van der Waals surface area contributed by atoms with E-state index in [0.717, 1.165) is 22.1 Å². The molecule has 1 aliphatic rings. The smallest absolute Gasteiger partial charge is 0.386 e. The van der Waals surface area contributed by atoms with Gasteiger partial charge in [0.1, 0.15) is 36.3 Å². The van der Waals surface area contributed by atoms with Gasteiger partial charge in [-0.2, -0.15) is 15.2 Å². The maximum atomic E-state index is 12.7. The molecule has 4 unspecified atom stereocenters. The maximum absolute atomic E-state index is 12.7. The van der Waals surface area contributed by atoms with Crippen LogP contribution < -0.4 is 16.4 Å². The van der Waals surface area contributed by atoms with E-state index in [-0.39, 0.29) is 41.6 Å². The van der Waals surface area contributed by atoms with Crippen LogP contribution in [-0.4, -0.2) is 123 Å². The molecule has 1 saturated heterocycles. The van der Waals surface area contributed by atoms with Gasteiger partial charge < -0.3 is 50.9 Å². The van der Waals surface area contributed by atoms with Gasteiger partial charge in [-0.05, 0) is 17.0 Å². The molecule has 0 saturated carbocycles. The van der Waals surface area contributed by atoms with E-state index in [2.05, 4.69) is 34.4 Å². The van der Waals surface area contributed by atoms with E-state index < -0.39 is 95.4 Å². The molecule has 0 bridgehead atoms. The van der Waals surface area contributed by atoms with Crippen LogP contribution in [0.5, 0.6) is 0 Å². The number of nitrogens with zero attached hydrogens (tertiary/aromatic N) is 4. The number of benzene rings is 1. The third-order valence-electron chi connectivity index (χ3n) is 8.18. The van der Waals surface area contributed by atoms with Gasteiger partial charge in [0.05, 0.1) is 19.5 Å². The lowest BCUT2D eigenvalue weighted by molar-refractivity contribution is -0.137. The summed E-state index contributed by atoms with van der Waals surface area (Å²) in [4.78, 5) is 88.9. The molecule has 57 heavy (non-hydrogen) atoms. The van der Waals surface area contributed by atoms with Crippen molar-refractivity contribution < 1.29 is 80.5 Å². The van der Waals surface area contributed by atoms with E-state index in [4.69, 9.17) is 19.5 Å². The number of phosphoric ester groups is 3. The second-order valence-electron chi connectivity index (χ2n) is 13.1. The highest BCUT2D eigenvalue weighted by Gasteiger charge is 2.50. The Kier molecular flexibility index (Phi) is 15.7. The minimum absolute atomic E-state index is 0.00220. The Morgan fingerprint density at radius 2 is 1.68 bits per heavy atom. The summed E-state index contributed by atoms with van der Waals surface area (Å²) >= 11 is 0. The molecule has 1 aromatic carbocycles. The van der Waals surface area contributed by atoms with Crippen LogP contribution in [0, 0.1) is 5.41 Å². The van der Waals surface area contributed by atoms with Crippen molar-refractivity contribution >= 4 is 68.3 Å². The molecular formula is C29H44N7O17P3S. The monoisotopic (exact) mass is 887 g/mol. The van der Waals surface area contributed by atoms with Gasteiger partial charge >= 0.3 is 23.5 Å². The van der Waals surface area contributed by atoms with E-state index in [1.54, 1.807) is 0 Å². The van der Waals surface area contributed by atoms with Crippen molar-refractivity contribution in [1.82, 2.24) is 30.2 Å². The van der Waals surface area contributed by atoms with E-state index in [9.17, 15) is 57.9 Å². The van der Waals surface area contributed by atoms with Gasteiger partial charge in [0.25, 0.3) is 0 Å². The number of phosphoric acid groups is 3. The third-order valence-corrected chi connectivity index (χ3v) is 13.6. The van der Waals surface area contributed by atoms with Crippen LogP contribution in [0.2, 0.25) is 0 Å². The molecule has 3 aromatic rings. The molecule has 8 atom stereocenters. The van der Waals surface area contributed by atoms with Crippen LogP contribution in [0.1, 0.15) is 33.4 Å². The Balaban J connectivity index is 1.25. The molecule has 0 radical (unpaired) electrons.